The van der Waals surface area contributed by atoms with Gasteiger partial charge in [0.05, 0.1) is 0 Å². The van der Waals surface area contributed by atoms with Crippen molar-refractivity contribution >= 4 is 0 Å². The predicted octanol–water partition coefficient (Wildman–Crippen LogP) is 2.93. The average molecular weight is 226 g/mol. The van der Waals surface area contributed by atoms with E-state index in [1.54, 1.807) is 0 Å². The van der Waals surface area contributed by atoms with Crippen molar-refractivity contribution in [1.29, 1.82) is 0 Å². The highest BCUT2D eigenvalue weighted by molar-refractivity contribution is 5.21. The molecular formula is C15H18N2. The molecule has 1 aromatic heterocycles. The summed E-state index contributed by atoms with van der Waals surface area (Å²) in [6, 6.07) is 17.0. The molecule has 0 saturated heterocycles. The molecule has 0 aliphatic heterocycles. The molecule has 0 saturated carbocycles. The largest absolute Gasteiger partial charge is 0.302 e. The summed E-state index contributed by atoms with van der Waals surface area (Å²) in [7, 11) is 4.22. The fraction of sp³-hybridized carbons (Fsp3) is 0.267. The third-order valence-corrected chi connectivity index (χ3v) is 2.94. The van der Waals surface area contributed by atoms with Gasteiger partial charge in [0.25, 0.3) is 0 Å². The molecule has 0 aliphatic carbocycles. The Hall–Kier alpha value is -1.67. The van der Waals surface area contributed by atoms with Crippen LogP contribution in [-0.2, 0) is 6.42 Å². The van der Waals surface area contributed by atoms with Crippen LogP contribution in [-0.4, -0.2) is 24.0 Å². The van der Waals surface area contributed by atoms with Crippen LogP contribution in [0.5, 0.6) is 0 Å². The fourth-order valence-electron chi connectivity index (χ4n) is 1.99. The van der Waals surface area contributed by atoms with Crippen LogP contribution in [0.2, 0.25) is 0 Å². The Labute approximate surface area is 103 Å². The van der Waals surface area contributed by atoms with Crippen LogP contribution in [0.1, 0.15) is 17.3 Å². The lowest BCUT2D eigenvalue weighted by atomic mass is 10.0. The fourth-order valence-corrected chi connectivity index (χ4v) is 1.99. The van der Waals surface area contributed by atoms with Crippen molar-refractivity contribution < 1.29 is 0 Å². The number of pyridine rings is 1. The van der Waals surface area contributed by atoms with Crippen LogP contribution in [0.25, 0.3) is 0 Å². The maximum atomic E-state index is 4.40. The van der Waals surface area contributed by atoms with Gasteiger partial charge in [-0.3, -0.25) is 4.98 Å². The van der Waals surface area contributed by atoms with E-state index in [2.05, 4.69) is 60.4 Å². The van der Waals surface area contributed by atoms with Crippen molar-refractivity contribution in [3.63, 3.8) is 0 Å². The Morgan fingerprint density at radius 2 is 1.71 bits per heavy atom. The number of rotatable bonds is 4. The standard InChI is InChI=1S/C15H18N2/c1-17(2)15(13-8-4-3-5-9-13)12-14-10-6-7-11-16-14/h3-11,15H,12H2,1-2H3/t15-/m0/s1. The zero-order valence-electron chi connectivity index (χ0n) is 10.4. The monoisotopic (exact) mass is 226 g/mol. The lowest BCUT2D eigenvalue weighted by Gasteiger charge is -2.24. The summed E-state index contributed by atoms with van der Waals surface area (Å²) in [6.45, 7) is 0. The first-order valence-electron chi connectivity index (χ1n) is 5.88. The van der Waals surface area contributed by atoms with Gasteiger partial charge in [0.2, 0.25) is 0 Å². The van der Waals surface area contributed by atoms with Gasteiger partial charge in [-0.1, -0.05) is 36.4 Å². The summed E-state index contributed by atoms with van der Waals surface area (Å²) in [5, 5.41) is 0. The van der Waals surface area contributed by atoms with Gasteiger partial charge in [-0.05, 0) is 31.8 Å². The van der Waals surface area contributed by atoms with Gasteiger partial charge in [0.15, 0.2) is 0 Å². The molecule has 2 rings (SSSR count). The van der Waals surface area contributed by atoms with Crippen LogP contribution < -0.4 is 0 Å². The Kier molecular flexibility index (Phi) is 3.89. The van der Waals surface area contributed by atoms with Gasteiger partial charge in [-0.25, -0.2) is 0 Å². The molecule has 0 fully saturated rings. The minimum atomic E-state index is 0.381. The van der Waals surface area contributed by atoms with E-state index in [4.69, 9.17) is 0 Å². The summed E-state index contributed by atoms with van der Waals surface area (Å²) in [6.07, 6.45) is 2.80. The third kappa shape index (κ3) is 3.14. The van der Waals surface area contributed by atoms with Crippen LogP contribution in [0.3, 0.4) is 0 Å². The zero-order valence-corrected chi connectivity index (χ0v) is 10.4. The second-order valence-electron chi connectivity index (χ2n) is 4.42. The van der Waals surface area contributed by atoms with Gasteiger partial charge < -0.3 is 4.90 Å². The molecule has 1 heterocycles. The molecule has 0 N–H and O–H groups in total. The Balaban J connectivity index is 2.20. The highest BCUT2D eigenvalue weighted by Gasteiger charge is 2.14. The molecule has 0 bridgehead atoms. The number of hydrogen-bond donors (Lipinski definition) is 0. The van der Waals surface area contributed by atoms with Crippen LogP contribution in [0.4, 0.5) is 0 Å². The topological polar surface area (TPSA) is 16.1 Å². The lowest BCUT2D eigenvalue weighted by Crippen LogP contribution is -2.22. The molecule has 0 radical (unpaired) electrons. The minimum absolute atomic E-state index is 0.381. The van der Waals surface area contributed by atoms with Gasteiger partial charge in [0, 0.05) is 24.4 Å². The number of hydrogen-bond acceptors (Lipinski definition) is 2. The molecule has 0 spiro atoms. The van der Waals surface area contributed by atoms with Crippen LogP contribution in [0.15, 0.2) is 54.7 Å². The molecule has 2 aromatic rings. The second kappa shape index (κ2) is 5.60. The Morgan fingerprint density at radius 3 is 2.29 bits per heavy atom. The lowest BCUT2D eigenvalue weighted by molar-refractivity contribution is 0.296. The Bertz CT molecular complexity index is 437. The normalized spacial score (nSPS) is 12.6. The van der Waals surface area contributed by atoms with Crippen molar-refractivity contribution in [2.45, 2.75) is 12.5 Å². The zero-order chi connectivity index (χ0) is 12.1. The molecule has 0 aliphatic rings. The van der Waals surface area contributed by atoms with Crippen molar-refractivity contribution in [2.24, 2.45) is 0 Å². The van der Waals surface area contributed by atoms with Crippen LogP contribution >= 0.6 is 0 Å². The first kappa shape index (κ1) is 11.8. The van der Waals surface area contributed by atoms with E-state index in [0.29, 0.717) is 6.04 Å². The van der Waals surface area contributed by atoms with Crippen molar-refractivity contribution in [1.82, 2.24) is 9.88 Å². The summed E-state index contributed by atoms with van der Waals surface area (Å²) in [5.41, 5.74) is 2.47. The maximum absolute atomic E-state index is 4.40. The van der Waals surface area contributed by atoms with Gasteiger partial charge in [-0.15, -0.1) is 0 Å². The summed E-state index contributed by atoms with van der Waals surface area (Å²) < 4.78 is 0. The SMILES string of the molecule is CN(C)[C@@H](Cc1ccccn1)c1ccccc1. The van der Waals surface area contributed by atoms with Crippen molar-refractivity contribution in [3.8, 4) is 0 Å². The average Bonchev–Trinajstić information content (AvgIpc) is 2.38. The van der Waals surface area contributed by atoms with Crippen molar-refractivity contribution in [2.75, 3.05) is 14.1 Å². The van der Waals surface area contributed by atoms with E-state index in [9.17, 15) is 0 Å². The van der Waals surface area contributed by atoms with E-state index < -0.39 is 0 Å². The molecule has 2 heteroatoms. The molecule has 0 unspecified atom stereocenters. The molecule has 2 nitrogen and oxygen atoms in total. The number of aromatic nitrogens is 1. The first-order chi connectivity index (χ1) is 8.27. The van der Waals surface area contributed by atoms with E-state index >= 15 is 0 Å². The molecular weight excluding hydrogens is 208 g/mol. The van der Waals surface area contributed by atoms with Gasteiger partial charge in [-0.2, -0.15) is 0 Å². The number of likely N-dealkylation sites (N-methyl/N-ethyl adjacent to an activating group) is 1. The third-order valence-electron chi connectivity index (χ3n) is 2.94. The highest BCUT2D eigenvalue weighted by atomic mass is 15.1. The highest BCUT2D eigenvalue weighted by Crippen LogP contribution is 2.21. The maximum Gasteiger partial charge on any atom is 0.0422 e. The Morgan fingerprint density at radius 1 is 1.00 bits per heavy atom. The number of nitrogens with zero attached hydrogens (tertiary/aromatic N) is 2. The van der Waals surface area contributed by atoms with Crippen molar-refractivity contribution in [3.05, 3.63) is 66.0 Å². The van der Waals surface area contributed by atoms with Gasteiger partial charge in [0.1, 0.15) is 0 Å². The predicted molar refractivity (Wildman–Crippen MR) is 70.8 cm³/mol. The van der Waals surface area contributed by atoms with Crippen LogP contribution in [0, 0.1) is 0 Å². The molecule has 0 amide bonds. The van der Waals surface area contributed by atoms with E-state index in [1.165, 1.54) is 5.56 Å². The number of benzene rings is 1. The first-order valence-corrected chi connectivity index (χ1v) is 5.88. The summed E-state index contributed by atoms with van der Waals surface area (Å²) in [5.74, 6) is 0. The minimum Gasteiger partial charge on any atom is -0.302 e. The quantitative estimate of drug-likeness (QED) is 0.797. The molecule has 1 aromatic carbocycles. The summed E-state index contributed by atoms with van der Waals surface area (Å²) >= 11 is 0. The molecule has 17 heavy (non-hydrogen) atoms. The smallest absolute Gasteiger partial charge is 0.0422 e. The van der Waals surface area contributed by atoms with E-state index in [-0.39, 0.29) is 0 Å². The summed E-state index contributed by atoms with van der Waals surface area (Å²) in [4.78, 5) is 6.64. The molecule has 1 atom stereocenters. The van der Waals surface area contributed by atoms with E-state index in [1.807, 2.05) is 18.3 Å². The second-order valence-corrected chi connectivity index (χ2v) is 4.42. The van der Waals surface area contributed by atoms with Gasteiger partial charge >= 0.3 is 0 Å². The molecule has 88 valence electrons. The van der Waals surface area contributed by atoms with E-state index in [0.717, 1.165) is 12.1 Å².